The van der Waals surface area contributed by atoms with Crippen LogP contribution in [-0.2, 0) is 25.7 Å². The number of rotatable bonds is 3. The number of methoxy groups -OCH3 is 1. The number of carbonyl (C=O) groups excluding carboxylic acids is 2. The van der Waals surface area contributed by atoms with Crippen LogP contribution in [0.3, 0.4) is 0 Å². The highest BCUT2D eigenvalue weighted by atomic mass is 32.2. The van der Waals surface area contributed by atoms with E-state index in [0.29, 0.717) is 22.0 Å². The number of hydrogen-bond acceptors (Lipinski definition) is 5. The number of benzene rings is 2. The number of alkyl halides is 3. The number of amides is 1. The van der Waals surface area contributed by atoms with Gasteiger partial charge in [0.25, 0.3) is 15.9 Å². The van der Waals surface area contributed by atoms with Gasteiger partial charge in [-0.3, -0.25) is 9.59 Å². The molecule has 10 heteroatoms. The number of esters is 1. The van der Waals surface area contributed by atoms with E-state index in [0.717, 1.165) is 19.2 Å². The molecule has 6 nitrogen and oxygen atoms in total. The standard InChI is InChI=1S/C19H16F3NO5S/c1-11-4-3-5-14-15(10-16(24)28-2)23(29(26,27)17(11)14)18(25)12-6-8-13(9-7-12)19(20,21)22/h3-9,15H,10H2,1-2H3. The van der Waals surface area contributed by atoms with E-state index in [9.17, 15) is 31.2 Å². The van der Waals surface area contributed by atoms with Gasteiger partial charge in [0.2, 0.25) is 0 Å². The lowest BCUT2D eigenvalue weighted by Crippen LogP contribution is -2.36. The summed E-state index contributed by atoms with van der Waals surface area (Å²) in [6, 6.07) is 6.70. The van der Waals surface area contributed by atoms with Gasteiger partial charge in [0.1, 0.15) is 0 Å². The van der Waals surface area contributed by atoms with Crippen LogP contribution in [0.15, 0.2) is 47.4 Å². The zero-order chi connectivity index (χ0) is 21.6. The van der Waals surface area contributed by atoms with Crippen molar-refractivity contribution in [3.8, 4) is 0 Å². The maximum Gasteiger partial charge on any atom is 0.416 e. The second-order valence-corrected chi connectivity index (χ2v) is 8.22. The third kappa shape index (κ3) is 3.59. The summed E-state index contributed by atoms with van der Waals surface area (Å²) in [6.07, 6.45) is -5.01. The number of halogens is 3. The molecule has 0 radical (unpaired) electrons. The van der Waals surface area contributed by atoms with Crippen molar-refractivity contribution in [2.24, 2.45) is 0 Å². The maximum absolute atomic E-state index is 13.1. The Morgan fingerprint density at radius 2 is 1.72 bits per heavy atom. The van der Waals surface area contributed by atoms with Crippen LogP contribution in [0.5, 0.6) is 0 Å². The minimum absolute atomic E-state index is 0.0887. The van der Waals surface area contributed by atoms with Crippen molar-refractivity contribution in [3.05, 3.63) is 64.7 Å². The molecular weight excluding hydrogens is 411 g/mol. The van der Waals surface area contributed by atoms with Gasteiger partial charge in [0.15, 0.2) is 0 Å². The molecule has 0 aromatic heterocycles. The van der Waals surface area contributed by atoms with E-state index < -0.39 is 46.1 Å². The molecule has 154 valence electrons. The minimum Gasteiger partial charge on any atom is -0.469 e. The molecule has 0 N–H and O–H groups in total. The highest BCUT2D eigenvalue weighted by molar-refractivity contribution is 7.90. The third-order valence-electron chi connectivity index (χ3n) is 4.65. The van der Waals surface area contributed by atoms with Gasteiger partial charge in [0.05, 0.1) is 30.0 Å². The molecule has 0 aliphatic carbocycles. The molecule has 3 rings (SSSR count). The molecule has 1 amide bonds. The maximum atomic E-state index is 13.1. The lowest BCUT2D eigenvalue weighted by molar-refractivity contribution is -0.141. The number of carbonyl (C=O) groups is 2. The summed E-state index contributed by atoms with van der Waals surface area (Å²) < 4.78 is 69.7. The van der Waals surface area contributed by atoms with Crippen molar-refractivity contribution in [1.82, 2.24) is 4.31 Å². The molecule has 1 unspecified atom stereocenters. The molecular formula is C19H16F3NO5S. The SMILES string of the molecule is COC(=O)CC1c2cccc(C)c2S(=O)(=O)N1C(=O)c1ccc(C(F)(F)F)cc1. The molecule has 1 heterocycles. The van der Waals surface area contributed by atoms with Crippen LogP contribution in [0.2, 0.25) is 0 Å². The number of aryl methyl sites for hydroxylation is 1. The molecule has 29 heavy (non-hydrogen) atoms. The first-order valence-electron chi connectivity index (χ1n) is 8.41. The van der Waals surface area contributed by atoms with Crippen molar-refractivity contribution < 1.29 is 35.9 Å². The molecule has 2 aromatic carbocycles. The van der Waals surface area contributed by atoms with Crippen LogP contribution in [0.4, 0.5) is 13.2 Å². The van der Waals surface area contributed by atoms with Gasteiger partial charge in [-0.2, -0.15) is 13.2 Å². The van der Waals surface area contributed by atoms with E-state index in [1.165, 1.54) is 6.07 Å². The van der Waals surface area contributed by atoms with E-state index in [2.05, 4.69) is 4.74 Å². The van der Waals surface area contributed by atoms with E-state index in [4.69, 9.17) is 0 Å². The predicted octanol–water partition coefficient (Wildman–Crippen LogP) is 3.46. The molecule has 0 saturated heterocycles. The van der Waals surface area contributed by atoms with E-state index in [-0.39, 0.29) is 16.0 Å². The Balaban J connectivity index is 2.09. The average molecular weight is 427 g/mol. The second-order valence-electron chi connectivity index (χ2n) is 6.47. The Morgan fingerprint density at radius 3 is 2.28 bits per heavy atom. The summed E-state index contributed by atoms with van der Waals surface area (Å²) in [7, 11) is -3.18. The average Bonchev–Trinajstić information content (AvgIpc) is 2.88. The fourth-order valence-corrected chi connectivity index (χ4v) is 5.32. The van der Waals surface area contributed by atoms with Crippen LogP contribution >= 0.6 is 0 Å². The van der Waals surface area contributed by atoms with Gasteiger partial charge >= 0.3 is 12.1 Å². The fourth-order valence-electron chi connectivity index (χ4n) is 3.30. The van der Waals surface area contributed by atoms with Gasteiger partial charge in [-0.15, -0.1) is 0 Å². The third-order valence-corrected chi connectivity index (χ3v) is 6.66. The van der Waals surface area contributed by atoms with Crippen LogP contribution in [0.25, 0.3) is 0 Å². The molecule has 1 aliphatic rings. The number of sulfonamides is 1. The summed E-state index contributed by atoms with van der Waals surface area (Å²) >= 11 is 0. The number of nitrogens with zero attached hydrogens (tertiary/aromatic N) is 1. The molecule has 2 aromatic rings. The van der Waals surface area contributed by atoms with Gasteiger partial charge in [-0.05, 0) is 42.3 Å². The van der Waals surface area contributed by atoms with Crippen LogP contribution in [-0.4, -0.2) is 31.7 Å². The van der Waals surface area contributed by atoms with Crippen LogP contribution in [0.1, 0.15) is 39.5 Å². The molecule has 0 spiro atoms. The number of ether oxygens (including phenoxy) is 1. The summed E-state index contributed by atoms with van der Waals surface area (Å²) in [6.45, 7) is 1.55. The van der Waals surface area contributed by atoms with Gasteiger partial charge < -0.3 is 4.74 Å². The Morgan fingerprint density at radius 1 is 1.10 bits per heavy atom. The van der Waals surface area contributed by atoms with Crippen molar-refractivity contribution in [1.29, 1.82) is 0 Å². The van der Waals surface area contributed by atoms with Gasteiger partial charge in [-0.25, -0.2) is 12.7 Å². The molecule has 0 fully saturated rings. The zero-order valence-electron chi connectivity index (χ0n) is 15.4. The lowest BCUT2D eigenvalue weighted by atomic mass is 10.0. The van der Waals surface area contributed by atoms with E-state index in [1.54, 1.807) is 19.1 Å². The van der Waals surface area contributed by atoms with Crippen LogP contribution in [0, 0.1) is 6.92 Å². The molecule has 0 bridgehead atoms. The van der Waals surface area contributed by atoms with Crippen LogP contribution < -0.4 is 0 Å². The summed E-state index contributed by atoms with van der Waals surface area (Å²) in [5.41, 5.74) is -0.568. The Bertz CT molecular complexity index is 1080. The molecule has 1 aliphatic heterocycles. The Labute approximate surface area is 164 Å². The zero-order valence-corrected chi connectivity index (χ0v) is 16.2. The Kier molecular flexibility index (Phi) is 5.16. The lowest BCUT2D eigenvalue weighted by Gasteiger charge is -2.23. The topological polar surface area (TPSA) is 80.8 Å². The molecule has 1 atom stereocenters. The number of fused-ring (bicyclic) bond motifs is 1. The highest BCUT2D eigenvalue weighted by Crippen LogP contribution is 2.44. The quantitative estimate of drug-likeness (QED) is 0.701. The summed E-state index contributed by atoms with van der Waals surface area (Å²) in [5, 5.41) is 0. The first-order valence-corrected chi connectivity index (χ1v) is 9.85. The summed E-state index contributed by atoms with van der Waals surface area (Å²) in [5.74, 6) is -1.76. The van der Waals surface area contributed by atoms with Crippen molar-refractivity contribution in [2.45, 2.75) is 30.5 Å². The predicted molar refractivity (Wildman–Crippen MR) is 95.4 cm³/mol. The van der Waals surface area contributed by atoms with E-state index >= 15 is 0 Å². The normalized spacial score (nSPS) is 17.7. The highest BCUT2D eigenvalue weighted by Gasteiger charge is 2.47. The second kappa shape index (κ2) is 7.18. The van der Waals surface area contributed by atoms with Gasteiger partial charge in [-0.1, -0.05) is 18.2 Å². The van der Waals surface area contributed by atoms with Crippen molar-refractivity contribution in [2.75, 3.05) is 7.11 Å². The largest absolute Gasteiger partial charge is 0.469 e. The number of hydrogen-bond donors (Lipinski definition) is 0. The van der Waals surface area contributed by atoms with Crippen molar-refractivity contribution in [3.63, 3.8) is 0 Å². The molecule has 0 saturated carbocycles. The first kappa shape index (κ1) is 20.8. The van der Waals surface area contributed by atoms with E-state index in [1.807, 2.05) is 0 Å². The first-order chi connectivity index (χ1) is 13.5. The van der Waals surface area contributed by atoms with Crippen molar-refractivity contribution >= 4 is 21.9 Å². The van der Waals surface area contributed by atoms with Gasteiger partial charge in [0, 0.05) is 5.56 Å². The monoisotopic (exact) mass is 427 g/mol. The smallest absolute Gasteiger partial charge is 0.416 e. The summed E-state index contributed by atoms with van der Waals surface area (Å²) in [4.78, 5) is 24.8. The Hall–Kier alpha value is -2.88. The fraction of sp³-hybridized carbons (Fsp3) is 0.263. The minimum atomic E-state index is -4.60.